The van der Waals surface area contributed by atoms with E-state index in [1.165, 1.54) is 7.11 Å². The summed E-state index contributed by atoms with van der Waals surface area (Å²) in [4.78, 5) is 24.1. The van der Waals surface area contributed by atoms with E-state index in [2.05, 4.69) is 6.07 Å². The van der Waals surface area contributed by atoms with Gasteiger partial charge in [0.15, 0.2) is 0 Å². The lowest BCUT2D eigenvalue weighted by Gasteiger charge is -2.07. The van der Waals surface area contributed by atoms with E-state index in [0.29, 0.717) is 30.6 Å². The summed E-state index contributed by atoms with van der Waals surface area (Å²) < 4.78 is 6.64. The fourth-order valence-corrected chi connectivity index (χ4v) is 3.14. The van der Waals surface area contributed by atoms with Gasteiger partial charge in [-0.1, -0.05) is 66.2 Å². The van der Waals surface area contributed by atoms with Crippen LogP contribution in [-0.4, -0.2) is 23.4 Å². The van der Waals surface area contributed by atoms with Gasteiger partial charge in [-0.15, -0.1) is 0 Å². The number of carbonyl (C=O) groups excluding carboxylic acids is 2. The molecule has 4 nitrogen and oxygen atoms in total. The van der Waals surface area contributed by atoms with Crippen molar-refractivity contribution in [2.45, 2.75) is 26.3 Å². The Kier molecular flexibility index (Phi) is 6.80. The highest BCUT2D eigenvalue weighted by Crippen LogP contribution is 2.14. The van der Waals surface area contributed by atoms with E-state index in [1.807, 2.05) is 84.4 Å². The predicted molar refractivity (Wildman–Crippen MR) is 115 cm³/mol. The maximum Gasteiger partial charge on any atom is 0.305 e. The summed E-state index contributed by atoms with van der Waals surface area (Å²) in [5.41, 5.74) is 4.65. The van der Waals surface area contributed by atoms with Crippen molar-refractivity contribution < 1.29 is 14.3 Å². The molecule has 0 N–H and O–H groups in total. The standard InChI is InChI=1S/C25H25NO3/c1-19-10-13-22(14-11-19)25(28)23-9-5-17-26(23)16-4-8-20-6-3-7-21(18-20)12-15-24(27)29-2/h3-11,13-14,17-18H,12,15-16H2,1-2H3/b8-4+. The van der Waals surface area contributed by atoms with Crippen LogP contribution in [0.15, 0.2) is 72.9 Å². The van der Waals surface area contributed by atoms with E-state index in [-0.39, 0.29) is 11.8 Å². The fourth-order valence-electron chi connectivity index (χ4n) is 3.14. The molecular formula is C25H25NO3. The first-order valence-corrected chi connectivity index (χ1v) is 9.65. The van der Waals surface area contributed by atoms with E-state index in [1.54, 1.807) is 0 Å². The van der Waals surface area contributed by atoms with Gasteiger partial charge >= 0.3 is 5.97 Å². The number of benzene rings is 2. The van der Waals surface area contributed by atoms with Gasteiger partial charge in [-0.2, -0.15) is 0 Å². The van der Waals surface area contributed by atoms with Crippen molar-refractivity contribution in [1.82, 2.24) is 4.57 Å². The van der Waals surface area contributed by atoms with E-state index in [9.17, 15) is 9.59 Å². The number of aromatic nitrogens is 1. The second-order valence-corrected chi connectivity index (χ2v) is 6.96. The number of rotatable bonds is 8. The Bertz CT molecular complexity index is 1010. The summed E-state index contributed by atoms with van der Waals surface area (Å²) in [5, 5.41) is 0. The zero-order valence-electron chi connectivity index (χ0n) is 16.8. The zero-order valence-corrected chi connectivity index (χ0v) is 16.8. The van der Waals surface area contributed by atoms with Crippen molar-refractivity contribution in [3.63, 3.8) is 0 Å². The minimum absolute atomic E-state index is 0.0215. The van der Waals surface area contributed by atoms with Gasteiger partial charge in [0.25, 0.3) is 0 Å². The van der Waals surface area contributed by atoms with Crippen LogP contribution >= 0.6 is 0 Å². The lowest BCUT2D eigenvalue weighted by molar-refractivity contribution is -0.140. The number of hydrogen-bond acceptors (Lipinski definition) is 3. The van der Waals surface area contributed by atoms with Gasteiger partial charge in [0, 0.05) is 24.7 Å². The van der Waals surface area contributed by atoms with Crippen molar-refractivity contribution in [2.75, 3.05) is 7.11 Å². The maximum absolute atomic E-state index is 12.8. The minimum atomic E-state index is -0.204. The number of esters is 1. The summed E-state index contributed by atoms with van der Waals surface area (Å²) in [6.45, 7) is 2.61. The predicted octanol–water partition coefficient (Wildman–Crippen LogP) is 4.85. The Balaban J connectivity index is 1.66. The summed E-state index contributed by atoms with van der Waals surface area (Å²) in [6, 6.07) is 19.4. The van der Waals surface area contributed by atoms with Gasteiger partial charge in [-0.05, 0) is 36.6 Å². The molecule has 3 rings (SSSR count). The van der Waals surface area contributed by atoms with Gasteiger partial charge in [-0.3, -0.25) is 9.59 Å². The highest BCUT2D eigenvalue weighted by atomic mass is 16.5. The Morgan fingerprint density at radius 1 is 1.03 bits per heavy atom. The second-order valence-electron chi connectivity index (χ2n) is 6.96. The van der Waals surface area contributed by atoms with Crippen LogP contribution in [0.2, 0.25) is 0 Å². The third-order valence-corrected chi connectivity index (χ3v) is 4.78. The first-order chi connectivity index (χ1) is 14.1. The van der Waals surface area contributed by atoms with Gasteiger partial charge < -0.3 is 9.30 Å². The molecule has 4 heteroatoms. The topological polar surface area (TPSA) is 48.3 Å². The second kappa shape index (κ2) is 9.69. The van der Waals surface area contributed by atoms with Crippen molar-refractivity contribution in [2.24, 2.45) is 0 Å². The molecule has 0 fully saturated rings. The molecule has 0 aliphatic heterocycles. The maximum atomic E-state index is 12.8. The molecule has 0 saturated heterocycles. The molecule has 0 atom stereocenters. The van der Waals surface area contributed by atoms with Crippen molar-refractivity contribution in [3.05, 3.63) is 101 Å². The summed E-state index contributed by atoms with van der Waals surface area (Å²) in [7, 11) is 1.40. The van der Waals surface area contributed by atoms with Crippen molar-refractivity contribution in [3.8, 4) is 0 Å². The van der Waals surface area contributed by atoms with Crippen LogP contribution in [0.25, 0.3) is 6.08 Å². The molecule has 0 radical (unpaired) electrons. The number of aryl methyl sites for hydroxylation is 2. The van der Waals surface area contributed by atoms with Gasteiger partial charge in [0.05, 0.1) is 12.8 Å². The van der Waals surface area contributed by atoms with Crippen LogP contribution in [0.3, 0.4) is 0 Å². The van der Waals surface area contributed by atoms with Gasteiger partial charge in [0.1, 0.15) is 0 Å². The molecule has 1 heterocycles. The Hall–Kier alpha value is -3.40. The van der Waals surface area contributed by atoms with Crippen LogP contribution in [0.1, 0.15) is 39.2 Å². The third-order valence-electron chi connectivity index (χ3n) is 4.78. The lowest BCUT2D eigenvalue weighted by Crippen LogP contribution is -2.09. The number of nitrogens with zero attached hydrogens (tertiary/aromatic N) is 1. The van der Waals surface area contributed by atoms with Crippen LogP contribution in [-0.2, 0) is 22.5 Å². The molecule has 29 heavy (non-hydrogen) atoms. The molecule has 0 aliphatic rings. The first kappa shape index (κ1) is 20.3. The molecule has 2 aromatic carbocycles. The number of carbonyl (C=O) groups is 2. The average molecular weight is 387 g/mol. The molecule has 0 spiro atoms. The SMILES string of the molecule is COC(=O)CCc1cccc(/C=C/Cn2cccc2C(=O)c2ccc(C)cc2)c1. The summed E-state index contributed by atoms with van der Waals surface area (Å²) in [6.07, 6.45) is 7.00. The molecule has 0 unspecified atom stereocenters. The number of ether oxygens (including phenoxy) is 1. The highest BCUT2D eigenvalue weighted by Gasteiger charge is 2.12. The Morgan fingerprint density at radius 3 is 2.59 bits per heavy atom. The summed E-state index contributed by atoms with van der Waals surface area (Å²) in [5.74, 6) is -0.183. The molecule has 0 saturated carbocycles. The third kappa shape index (κ3) is 5.55. The Labute approximate surface area is 171 Å². The molecule has 0 amide bonds. The zero-order chi connectivity index (χ0) is 20.6. The van der Waals surface area contributed by atoms with Crippen LogP contribution in [0.4, 0.5) is 0 Å². The Morgan fingerprint density at radius 2 is 1.83 bits per heavy atom. The minimum Gasteiger partial charge on any atom is -0.469 e. The van der Waals surface area contributed by atoms with Crippen molar-refractivity contribution in [1.29, 1.82) is 0 Å². The van der Waals surface area contributed by atoms with Crippen molar-refractivity contribution >= 4 is 17.8 Å². The first-order valence-electron chi connectivity index (χ1n) is 9.65. The average Bonchev–Trinajstić information content (AvgIpc) is 3.21. The van der Waals surface area contributed by atoms with Crippen LogP contribution < -0.4 is 0 Å². The van der Waals surface area contributed by atoms with Crippen LogP contribution in [0.5, 0.6) is 0 Å². The number of methoxy groups -OCH3 is 1. The quantitative estimate of drug-likeness (QED) is 0.410. The van der Waals surface area contributed by atoms with Gasteiger partial charge in [-0.25, -0.2) is 0 Å². The van der Waals surface area contributed by atoms with E-state index in [0.717, 1.165) is 16.7 Å². The number of hydrogen-bond donors (Lipinski definition) is 0. The lowest BCUT2D eigenvalue weighted by atomic mass is 10.1. The molecule has 3 aromatic rings. The van der Waals surface area contributed by atoms with E-state index < -0.39 is 0 Å². The number of allylic oxidation sites excluding steroid dienone is 1. The molecule has 0 aliphatic carbocycles. The fraction of sp³-hybridized carbons (Fsp3) is 0.200. The smallest absolute Gasteiger partial charge is 0.305 e. The largest absolute Gasteiger partial charge is 0.469 e. The molecule has 148 valence electrons. The highest BCUT2D eigenvalue weighted by molar-refractivity contribution is 6.08. The normalized spacial score (nSPS) is 11.0. The van der Waals surface area contributed by atoms with Crippen LogP contribution in [0, 0.1) is 6.92 Å². The van der Waals surface area contributed by atoms with Gasteiger partial charge in [0.2, 0.25) is 5.78 Å². The number of ketones is 1. The molecule has 1 aromatic heterocycles. The molecular weight excluding hydrogens is 362 g/mol. The van der Waals surface area contributed by atoms with E-state index in [4.69, 9.17) is 4.74 Å². The summed E-state index contributed by atoms with van der Waals surface area (Å²) >= 11 is 0. The van der Waals surface area contributed by atoms with E-state index >= 15 is 0 Å². The monoisotopic (exact) mass is 387 g/mol. The molecule has 0 bridgehead atoms.